The van der Waals surface area contributed by atoms with Gasteiger partial charge in [-0.3, -0.25) is 0 Å². The van der Waals surface area contributed by atoms with E-state index in [1.165, 1.54) is 10.8 Å². The highest BCUT2D eigenvalue weighted by Crippen LogP contribution is 2.38. The zero-order chi connectivity index (χ0) is 17.1. The lowest BCUT2D eigenvalue weighted by molar-refractivity contribution is 1.46. The van der Waals surface area contributed by atoms with Crippen molar-refractivity contribution in [3.63, 3.8) is 0 Å². The van der Waals surface area contributed by atoms with Crippen LogP contribution in [0.1, 0.15) is 0 Å². The maximum atomic E-state index is 4.84. The highest BCUT2D eigenvalue weighted by atomic mass is 15.1. The van der Waals surface area contributed by atoms with E-state index < -0.39 is 0 Å². The second-order valence-corrected chi connectivity index (χ2v) is 6.53. The molecule has 0 unspecified atom stereocenters. The van der Waals surface area contributed by atoms with E-state index in [0.29, 0.717) is 0 Å². The lowest BCUT2D eigenvalue weighted by Crippen LogP contribution is -2.31. The van der Waals surface area contributed by atoms with Crippen LogP contribution < -0.4 is 10.6 Å². The molecule has 0 amide bonds. The summed E-state index contributed by atoms with van der Waals surface area (Å²) < 4.78 is 0. The number of nitrogens with zero attached hydrogens (tertiary/aromatic N) is 2. The van der Waals surface area contributed by atoms with Crippen LogP contribution in [-0.4, -0.2) is 11.7 Å². The Hall–Kier alpha value is -3.66. The van der Waals surface area contributed by atoms with Crippen LogP contribution in [0.2, 0.25) is 0 Å². The minimum atomic E-state index is 0.739. The smallest absolute Gasteiger partial charge is 0.174 e. The number of anilines is 2. The van der Waals surface area contributed by atoms with Crippen molar-refractivity contribution >= 4 is 56.0 Å². The van der Waals surface area contributed by atoms with E-state index in [1.807, 2.05) is 24.3 Å². The molecule has 2 heterocycles. The van der Waals surface area contributed by atoms with Crippen molar-refractivity contribution in [1.82, 2.24) is 0 Å². The maximum Gasteiger partial charge on any atom is 0.174 e. The van der Waals surface area contributed by atoms with E-state index >= 15 is 0 Å². The Bertz CT molecular complexity index is 1170. The van der Waals surface area contributed by atoms with Crippen LogP contribution in [0.25, 0.3) is 21.5 Å². The monoisotopic (exact) mass is 334 g/mol. The van der Waals surface area contributed by atoms with Crippen molar-refractivity contribution in [1.29, 1.82) is 0 Å². The number of amidine groups is 2. The molecule has 4 heteroatoms. The van der Waals surface area contributed by atoms with Gasteiger partial charge in [-0.2, -0.15) is 0 Å². The zero-order valence-electron chi connectivity index (χ0n) is 13.8. The first-order valence-corrected chi connectivity index (χ1v) is 8.62. The van der Waals surface area contributed by atoms with E-state index in [9.17, 15) is 0 Å². The number of hydrogen-bond acceptors (Lipinski definition) is 4. The van der Waals surface area contributed by atoms with Gasteiger partial charge < -0.3 is 10.6 Å². The second kappa shape index (κ2) is 4.92. The van der Waals surface area contributed by atoms with Gasteiger partial charge in [-0.05, 0) is 35.0 Å². The zero-order valence-corrected chi connectivity index (χ0v) is 13.8. The summed E-state index contributed by atoms with van der Waals surface area (Å²) in [5.74, 6) is 1.48. The summed E-state index contributed by atoms with van der Waals surface area (Å²) in [5, 5.41) is 11.6. The van der Waals surface area contributed by atoms with Crippen LogP contribution in [0.15, 0.2) is 82.8 Å². The first-order valence-electron chi connectivity index (χ1n) is 8.62. The minimum absolute atomic E-state index is 0.739. The molecule has 0 spiro atoms. The fourth-order valence-corrected chi connectivity index (χ4v) is 3.81. The second-order valence-electron chi connectivity index (χ2n) is 6.53. The van der Waals surface area contributed by atoms with Crippen molar-refractivity contribution in [2.45, 2.75) is 0 Å². The molecule has 0 saturated carbocycles. The lowest BCUT2D eigenvalue weighted by atomic mass is 10.0. The molecule has 4 aromatic rings. The average molecular weight is 334 g/mol. The van der Waals surface area contributed by atoms with Gasteiger partial charge in [0, 0.05) is 22.1 Å². The third kappa shape index (κ3) is 1.84. The molecule has 0 aromatic heterocycles. The van der Waals surface area contributed by atoms with E-state index in [2.05, 4.69) is 59.2 Å². The highest BCUT2D eigenvalue weighted by Gasteiger charge is 2.22. The summed E-state index contributed by atoms with van der Waals surface area (Å²) in [6.07, 6.45) is 0. The van der Waals surface area contributed by atoms with Gasteiger partial charge in [-0.25, -0.2) is 9.98 Å². The van der Waals surface area contributed by atoms with Crippen molar-refractivity contribution in [2.75, 3.05) is 10.6 Å². The number of benzene rings is 4. The third-order valence-corrected chi connectivity index (χ3v) is 4.96. The molecule has 6 rings (SSSR count). The molecule has 2 N–H and O–H groups in total. The van der Waals surface area contributed by atoms with Crippen LogP contribution in [0.3, 0.4) is 0 Å². The van der Waals surface area contributed by atoms with Crippen LogP contribution >= 0.6 is 0 Å². The molecule has 0 fully saturated rings. The van der Waals surface area contributed by atoms with Crippen LogP contribution in [0.5, 0.6) is 0 Å². The highest BCUT2D eigenvalue weighted by molar-refractivity contribution is 6.51. The number of hydrogen-bond donors (Lipinski definition) is 2. The molecule has 122 valence electrons. The molecule has 26 heavy (non-hydrogen) atoms. The molecule has 2 aliphatic heterocycles. The Balaban J connectivity index is 1.55. The third-order valence-electron chi connectivity index (χ3n) is 4.96. The standard InChI is InChI=1S/C22H14N4/c1-5-13-6-2-10-16-19(13)15(9-1)23-21(24-16)22-25-17-11-3-7-14-8-4-12-18(26-22)20(14)17/h1-12H,(H,23,24)(H,25,26). The van der Waals surface area contributed by atoms with Gasteiger partial charge >= 0.3 is 0 Å². The molecule has 0 saturated heterocycles. The molecule has 0 aliphatic carbocycles. The number of aliphatic imine (C=N–C) groups is 2. The molecule has 0 atom stereocenters. The number of rotatable bonds is 1. The SMILES string of the molecule is c1cc2c3c(cccc3c1)NC(C1=Nc3cccc4cccc(c34)N1)=N2. The molecule has 4 nitrogen and oxygen atoms in total. The van der Waals surface area contributed by atoms with Crippen molar-refractivity contribution < 1.29 is 0 Å². The Morgan fingerprint density at radius 3 is 1.38 bits per heavy atom. The quantitative estimate of drug-likeness (QED) is 0.476. The van der Waals surface area contributed by atoms with E-state index in [0.717, 1.165) is 45.2 Å². The van der Waals surface area contributed by atoms with E-state index in [4.69, 9.17) is 9.98 Å². The molecule has 2 aliphatic rings. The Morgan fingerprint density at radius 1 is 0.500 bits per heavy atom. The van der Waals surface area contributed by atoms with Gasteiger partial charge in [-0.15, -0.1) is 0 Å². The molecular formula is C22H14N4. The lowest BCUT2D eigenvalue weighted by Gasteiger charge is -2.23. The molecule has 0 radical (unpaired) electrons. The van der Waals surface area contributed by atoms with Gasteiger partial charge in [0.2, 0.25) is 0 Å². The van der Waals surface area contributed by atoms with Gasteiger partial charge in [0.1, 0.15) is 0 Å². The van der Waals surface area contributed by atoms with Crippen molar-refractivity contribution in [3.05, 3.63) is 72.8 Å². The van der Waals surface area contributed by atoms with Gasteiger partial charge in [-0.1, -0.05) is 48.5 Å². The summed E-state index contributed by atoms with van der Waals surface area (Å²) >= 11 is 0. The summed E-state index contributed by atoms with van der Waals surface area (Å²) in [6, 6.07) is 24.9. The average Bonchev–Trinajstić information content (AvgIpc) is 2.69. The molecular weight excluding hydrogens is 320 g/mol. The minimum Gasteiger partial charge on any atom is -0.337 e. The number of nitrogens with one attached hydrogen (secondary N) is 2. The van der Waals surface area contributed by atoms with Crippen LogP contribution in [-0.2, 0) is 0 Å². The summed E-state index contributed by atoms with van der Waals surface area (Å²) in [4.78, 5) is 9.67. The van der Waals surface area contributed by atoms with Gasteiger partial charge in [0.15, 0.2) is 11.7 Å². The first kappa shape index (κ1) is 13.6. The Kier molecular flexibility index (Phi) is 2.58. The summed E-state index contributed by atoms with van der Waals surface area (Å²) in [7, 11) is 0. The maximum absolute atomic E-state index is 4.84. The fraction of sp³-hybridized carbons (Fsp3) is 0. The Morgan fingerprint density at radius 2 is 0.923 bits per heavy atom. The molecule has 0 bridgehead atoms. The van der Waals surface area contributed by atoms with Crippen molar-refractivity contribution in [3.8, 4) is 0 Å². The van der Waals surface area contributed by atoms with Crippen molar-refractivity contribution in [2.24, 2.45) is 9.98 Å². The largest absolute Gasteiger partial charge is 0.337 e. The van der Waals surface area contributed by atoms with Crippen LogP contribution in [0, 0.1) is 0 Å². The van der Waals surface area contributed by atoms with Gasteiger partial charge in [0.25, 0.3) is 0 Å². The fourth-order valence-electron chi connectivity index (χ4n) is 3.81. The van der Waals surface area contributed by atoms with Crippen LogP contribution in [0.4, 0.5) is 22.7 Å². The van der Waals surface area contributed by atoms with E-state index in [-0.39, 0.29) is 0 Å². The van der Waals surface area contributed by atoms with Gasteiger partial charge in [0.05, 0.1) is 11.4 Å². The summed E-state index contributed by atoms with van der Waals surface area (Å²) in [6.45, 7) is 0. The predicted octanol–water partition coefficient (Wildman–Crippen LogP) is 5.60. The van der Waals surface area contributed by atoms with E-state index in [1.54, 1.807) is 0 Å². The predicted molar refractivity (Wildman–Crippen MR) is 109 cm³/mol. The topological polar surface area (TPSA) is 48.8 Å². The first-order chi connectivity index (χ1) is 12.9. The Labute approximate surface area is 149 Å². The summed E-state index contributed by atoms with van der Waals surface area (Å²) in [5.41, 5.74) is 4.05. The molecule has 4 aromatic carbocycles. The normalized spacial score (nSPS) is 14.5.